The van der Waals surface area contributed by atoms with Gasteiger partial charge in [0.15, 0.2) is 0 Å². The topological polar surface area (TPSA) is 125 Å². The molecule has 37 heavy (non-hydrogen) atoms. The summed E-state index contributed by atoms with van der Waals surface area (Å²) in [5.41, 5.74) is 5.29. The summed E-state index contributed by atoms with van der Waals surface area (Å²) < 4.78 is 24.1. The number of H-pyrrole nitrogens is 1. The lowest BCUT2D eigenvalue weighted by molar-refractivity contribution is -0.134. The highest BCUT2D eigenvalue weighted by molar-refractivity contribution is 8.01. The molecule has 2 aromatic carbocycles. The number of hydrogen-bond acceptors (Lipinski definition) is 5. The number of benzene rings is 2. The molecule has 196 valence electrons. The maximum absolute atomic E-state index is 13.8. The van der Waals surface area contributed by atoms with Crippen LogP contribution in [0.1, 0.15) is 56.9 Å². The Balaban J connectivity index is 1.52. The van der Waals surface area contributed by atoms with Crippen LogP contribution in [0.4, 0.5) is 0 Å². The van der Waals surface area contributed by atoms with Gasteiger partial charge in [0.05, 0.1) is 10.6 Å². The fourth-order valence-corrected chi connectivity index (χ4v) is 7.46. The van der Waals surface area contributed by atoms with Crippen molar-refractivity contribution in [1.82, 2.24) is 15.4 Å². The van der Waals surface area contributed by atoms with E-state index in [2.05, 4.69) is 31.2 Å². The van der Waals surface area contributed by atoms with Gasteiger partial charge in [-0.05, 0) is 60.8 Å². The molecule has 1 aromatic heterocycles. The maximum Gasteiger partial charge on any atom is 0.286 e. The number of rotatable bonds is 4. The summed E-state index contributed by atoms with van der Waals surface area (Å²) in [4.78, 5) is 29.4. The van der Waals surface area contributed by atoms with Gasteiger partial charge in [-0.1, -0.05) is 51.1 Å². The van der Waals surface area contributed by atoms with Gasteiger partial charge >= 0.3 is 0 Å². The molecule has 2 heterocycles. The zero-order valence-corrected chi connectivity index (χ0v) is 22.8. The Labute approximate surface area is 221 Å². The van der Waals surface area contributed by atoms with Crippen molar-refractivity contribution >= 4 is 44.5 Å². The highest BCUT2D eigenvalue weighted by Crippen LogP contribution is 2.51. The first-order valence-corrected chi connectivity index (χ1v) is 14.9. The van der Waals surface area contributed by atoms with Crippen LogP contribution in [0, 0.1) is 11.3 Å². The van der Waals surface area contributed by atoms with Crippen molar-refractivity contribution in [1.29, 1.82) is 0 Å². The van der Waals surface area contributed by atoms with Crippen LogP contribution in [-0.2, 0) is 14.8 Å². The van der Waals surface area contributed by atoms with E-state index in [1.807, 2.05) is 30.3 Å². The van der Waals surface area contributed by atoms with E-state index in [1.54, 1.807) is 22.8 Å². The summed E-state index contributed by atoms with van der Waals surface area (Å²) in [6, 6.07) is 13.8. The summed E-state index contributed by atoms with van der Waals surface area (Å²) >= 11 is 1.61. The summed E-state index contributed by atoms with van der Waals surface area (Å²) in [5.74, 6) is 0.344. The lowest BCUT2D eigenvalue weighted by Crippen LogP contribution is -2.56. The molecule has 2 amide bonds. The molecule has 1 saturated carbocycles. The quantitative estimate of drug-likeness (QED) is 0.445. The highest BCUT2D eigenvalue weighted by Gasteiger charge is 2.50. The monoisotopic (exact) mass is 540 g/mol. The number of hydrazine groups is 1. The molecule has 1 aliphatic carbocycles. The van der Waals surface area contributed by atoms with Crippen LogP contribution >= 0.6 is 11.8 Å². The number of carbonyl (C=O) groups is 2. The molecular formula is C27H32N4O4S2. The molecule has 0 atom stereocenters. The molecular weight excluding hydrogens is 508 g/mol. The van der Waals surface area contributed by atoms with Gasteiger partial charge in [-0.15, -0.1) is 11.8 Å². The second kappa shape index (κ2) is 9.18. The lowest BCUT2D eigenvalue weighted by atomic mass is 9.71. The van der Waals surface area contributed by atoms with Crippen molar-refractivity contribution in [3.8, 4) is 11.1 Å². The number of fused-ring (bicyclic) bond motifs is 1. The molecule has 0 unspecified atom stereocenters. The summed E-state index contributed by atoms with van der Waals surface area (Å²) in [5, 5.41) is 7.49. The van der Waals surface area contributed by atoms with Gasteiger partial charge in [0.1, 0.15) is 10.6 Å². The number of amides is 2. The summed E-state index contributed by atoms with van der Waals surface area (Å²) in [6.07, 6.45) is 3.63. The molecule has 1 spiro atoms. The molecule has 10 heteroatoms. The zero-order valence-electron chi connectivity index (χ0n) is 21.2. The molecule has 5 rings (SSSR count). The van der Waals surface area contributed by atoms with Crippen LogP contribution in [-0.4, -0.2) is 40.8 Å². The van der Waals surface area contributed by atoms with Crippen LogP contribution in [0.3, 0.4) is 0 Å². The van der Waals surface area contributed by atoms with Crippen molar-refractivity contribution in [3.05, 3.63) is 54.2 Å². The summed E-state index contributed by atoms with van der Waals surface area (Å²) in [6.45, 7) is 6.76. The first-order valence-electron chi connectivity index (χ1n) is 12.4. The molecule has 2 aliphatic rings. The standard InChI is InChI=1S/C27H32N4O4S2/c1-26(2,3)18-11-13-27(14-12-18)31(22(32)16-36-27)30-25(33)24-23(17-7-5-4-6-8-17)20-15-19(37(28,34)35)9-10-21(20)29-24/h4-10,15,18,29H,11-14,16H2,1-3H3,(H,30,33)(H2,28,34,35). The molecule has 0 radical (unpaired) electrons. The number of carbonyl (C=O) groups excluding carboxylic acids is 2. The first-order chi connectivity index (χ1) is 17.4. The molecule has 8 nitrogen and oxygen atoms in total. The third-order valence-corrected chi connectivity index (χ3v) is 10.1. The molecule has 1 aliphatic heterocycles. The number of nitrogens with two attached hydrogens (primary N) is 1. The minimum atomic E-state index is -3.93. The van der Waals surface area contributed by atoms with Crippen LogP contribution < -0.4 is 10.6 Å². The van der Waals surface area contributed by atoms with Crippen molar-refractivity contribution in [2.75, 3.05) is 5.75 Å². The van der Waals surface area contributed by atoms with E-state index in [0.29, 0.717) is 28.1 Å². The van der Waals surface area contributed by atoms with Gasteiger partial charge in [0.2, 0.25) is 10.0 Å². The molecule has 0 bridgehead atoms. The Morgan fingerprint density at radius 1 is 1.14 bits per heavy atom. The maximum atomic E-state index is 13.8. The molecule has 1 saturated heterocycles. The van der Waals surface area contributed by atoms with E-state index in [-0.39, 0.29) is 21.9 Å². The van der Waals surface area contributed by atoms with E-state index in [4.69, 9.17) is 5.14 Å². The van der Waals surface area contributed by atoms with E-state index in [0.717, 1.165) is 31.2 Å². The largest absolute Gasteiger partial charge is 0.350 e. The zero-order chi connectivity index (χ0) is 26.6. The SMILES string of the molecule is CC(C)(C)C1CCC2(CC1)SCC(=O)N2NC(=O)c1[nH]c2ccc(S(N)(=O)=O)cc2c1-c1ccccc1. The van der Waals surface area contributed by atoms with E-state index >= 15 is 0 Å². The van der Waals surface area contributed by atoms with Gasteiger partial charge in [0, 0.05) is 16.5 Å². The van der Waals surface area contributed by atoms with E-state index in [1.165, 1.54) is 12.1 Å². The fourth-order valence-electron chi connectivity index (χ4n) is 5.60. The second-order valence-corrected chi connectivity index (χ2v) is 13.9. The fraction of sp³-hybridized carbons (Fsp3) is 0.407. The Bertz CT molecular complexity index is 1470. The second-order valence-electron chi connectivity index (χ2n) is 11.0. The van der Waals surface area contributed by atoms with E-state index in [9.17, 15) is 18.0 Å². The van der Waals surface area contributed by atoms with Gasteiger partial charge in [-0.3, -0.25) is 15.0 Å². The number of hydrogen-bond donors (Lipinski definition) is 3. The summed E-state index contributed by atoms with van der Waals surface area (Å²) in [7, 11) is -3.93. The number of sulfonamides is 1. The van der Waals surface area contributed by atoms with Crippen molar-refractivity contribution in [3.63, 3.8) is 0 Å². The van der Waals surface area contributed by atoms with Crippen LogP contribution in [0.25, 0.3) is 22.0 Å². The van der Waals surface area contributed by atoms with Crippen molar-refractivity contribution < 1.29 is 18.0 Å². The normalized spacial score (nSPS) is 22.6. The minimum absolute atomic E-state index is 0.0381. The minimum Gasteiger partial charge on any atom is -0.350 e. The van der Waals surface area contributed by atoms with Crippen molar-refractivity contribution in [2.24, 2.45) is 16.5 Å². The van der Waals surface area contributed by atoms with Gasteiger partial charge in [-0.25, -0.2) is 18.6 Å². The number of primary sulfonamides is 1. The van der Waals surface area contributed by atoms with Crippen LogP contribution in [0.2, 0.25) is 0 Å². The van der Waals surface area contributed by atoms with E-state index < -0.39 is 20.8 Å². The number of nitrogens with one attached hydrogen (secondary N) is 2. The Morgan fingerprint density at radius 3 is 2.43 bits per heavy atom. The lowest BCUT2D eigenvalue weighted by Gasteiger charge is -2.45. The highest BCUT2D eigenvalue weighted by atomic mass is 32.2. The number of aromatic nitrogens is 1. The molecule has 3 aromatic rings. The Morgan fingerprint density at radius 2 is 1.81 bits per heavy atom. The van der Waals surface area contributed by atoms with Gasteiger partial charge < -0.3 is 4.98 Å². The molecule has 2 fully saturated rings. The third-order valence-electron chi connectivity index (χ3n) is 7.71. The van der Waals surface area contributed by atoms with Crippen LogP contribution in [0.15, 0.2) is 53.4 Å². The average Bonchev–Trinajstić information content (AvgIpc) is 3.37. The van der Waals surface area contributed by atoms with Crippen molar-refractivity contribution in [2.45, 2.75) is 56.2 Å². The Hall–Kier alpha value is -2.82. The average molecular weight is 541 g/mol. The first kappa shape index (κ1) is 25.8. The number of aromatic amines is 1. The van der Waals surface area contributed by atoms with Gasteiger partial charge in [-0.2, -0.15) is 0 Å². The predicted octanol–water partition coefficient (Wildman–Crippen LogP) is 4.64. The van der Waals surface area contributed by atoms with Gasteiger partial charge in [0.25, 0.3) is 11.8 Å². The smallest absolute Gasteiger partial charge is 0.286 e. The third kappa shape index (κ3) is 4.78. The predicted molar refractivity (Wildman–Crippen MR) is 146 cm³/mol. The molecule has 4 N–H and O–H groups in total. The Kier molecular flexibility index (Phi) is 6.40. The number of nitrogens with zero attached hydrogens (tertiary/aromatic N) is 1. The number of thioether (sulfide) groups is 1. The van der Waals surface area contributed by atoms with Crippen LogP contribution in [0.5, 0.6) is 0 Å².